The molecule has 0 aromatic carbocycles. The first-order chi connectivity index (χ1) is 7.61. The number of esters is 1. The average molecular weight is 234 g/mol. The molecule has 0 saturated heterocycles. The van der Waals surface area contributed by atoms with E-state index < -0.39 is 5.83 Å². The van der Waals surface area contributed by atoms with Gasteiger partial charge in [-0.25, -0.2) is 14.2 Å². The second kappa shape index (κ2) is 9.30. The van der Waals surface area contributed by atoms with E-state index >= 15 is 0 Å². The van der Waals surface area contributed by atoms with Crippen molar-refractivity contribution >= 4 is 5.97 Å². The first-order valence-electron chi connectivity index (χ1n) is 5.28. The van der Waals surface area contributed by atoms with Gasteiger partial charge in [-0.15, -0.1) is 0 Å². The largest absolute Gasteiger partial charge is 0.469 e. The van der Waals surface area contributed by atoms with Gasteiger partial charge in [-0.3, -0.25) is 4.79 Å². The summed E-state index contributed by atoms with van der Waals surface area (Å²) >= 11 is 0. The highest BCUT2D eigenvalue weighted by atomic mass is 19.1. The Hall–Kier alpha value is -0.940. The first-order valence-corrected chi connectivity index (χ1v) is 5.28. The molecule has 5 heteroatoms. The Balaban J connectivity index is 3.69. The Labute approximate surface area is 95.3 Å². The van der Waals surface area contributed by atoms with Crippen molar-refractivity contribution in [2.24, 2.45) is 5.92 Å². The Morgan fingerprint density at radius 3 is 2.69 bits per heavy atom. The molecule has 94 valence electrons. The maximum Gasteiger partial charge on any atom is 0.308 e. The van der Waals surface area contributed by atoms with Crippen molar-refractivity contribution in [3.8, 4) is 0 Å². The quantitative estimate of drug-likeness (QED) is 0.280. The van der Waals surface area contributed by atoms with Crippen LogP contribution in [0.15, 0.2) is 11.9 Å². The number of carbonyl (C=O) groups excluding carboxylic acids is 1. The molecule has 0 rings (SSSR count). The predicted molar refractivity (Wildman–Crippen MR) is 57.2 cm³/mol. The van der Waals surface area contributed by atoms with Crippen LogP contribution in [-0.4, -0.2) is 26.3 Å². The van der Waals surface area contributed by atoms with Gasteiger partial charge < -0.3 is 4.74 Å². The van der Waals surface area contributed by atoms with Crippen LogP contribution in [0.25, 0.3) is 0 Å². The fraction of sp³-hybridized carbons (Fsp3) is 0.727. The van der Waals surface area contributed by atoms with E-state index in [0.29, 0.717) is 19.4 Å². The molecule has 0 aromatic heterocycles. The summed E-state index contributed by atoms with van der Waals surface area (Å²) in [7, 11) is 1.34. The molecule has 0 saturated carbocycles. The lowest BCUT2D eigenvalue weighted by Gasteiger charge is -2.06. The third-order valence-corrected chi connectivity index (χ3v) is 1.97. The van der Waals surface area contributed by atoms with E-state index in [9.17, 15) is 9.18 Å². The molecule has 0 fully saturated rings. The van der Waals surface area contributed by atoms with Crippen molar-refractivity contribution < 1.29 is 23.7 Å². The van der Waals surface area contributed by atoms with Crippen molar-refractivity contribution in [1.82, 2.24) is 0 Å². The van der Waals surface area contributed by atoms with E-state index in [1.54, 1.807) is 13.8 Å². The van der Waals surface area contributed by atoms with Gasteiger partial charge in [0.1, 0.15) is 12.4 Å². The molecule has 0 aliphatic heterocycles. The first kappa shape index (κ1) is 15.1. The standard InChI is InChI=1S/C11H19FO4/c1-4-15-16-8-10(12)7-5-6-9(2)11(13)14-3/h7,9H,4-6,8H2,1-3H3. The Kier molecular flexibility index (Phi) is 8.75. The van der Waals surface area contributed by atoms with Crippen LogP contribution in [0.4, 0.5) is 4.39 Å². The molecule has 0 bridgehead atoms. The van der Waals surface area contributed by atoms with Crippen molar-refractivity contribution in [1.29, 1.82) is 0 Å². The van der Waals surface area contributed by atoms with E-state index in [1.165, 1.54) is 13.2 Å². The van der Waals surface area contributed by atoms with Crippen LogP contribution in [-0.2, 0) is 19.3 Å². The number of hydrogen-bond acceptors (Lipinski definition) is 4. The fourth-order valence-corrected chi connectivity index (χ4v) is 1.05. The Morgan fingerprint density at radius 2 is 2.12 bits per heavy atom. The summed E-state index contributed by atoms with van der Waals surface area (Å²) in [4.78, 5) is 20.1. The molecule has 0 N–H and O–H groups in total. The second-order valence-electron chi connectivity index (χ2n) is 3.32. The van der Waals surface area contributed by atoms with Gasteiger partial charge in [0.2, 0.25) is 0 Å². The predicted octanol–water partition coefficient (Wildman–Crippen LogP) is 2.40. The minimum atomic E-state index is -0.398. The summed E-state index contributed by atoms with van der Waals surface area (Å²) in [5.41, 5.74) is 0. The minimum Gasteiger partial charge on any atom is -0.469 e. The van der Waals surface area contributed by atoms with Gasteiger partial charge in [-0.2, -0.15) is 0 Å². The molecular formula is C11H19FO4. The molecule has 1 atom stereocenters. The fourth-order valence-electron chi connectivity index (χ4n) is 1.05. The van der Waals surface area contributed by atoms with Gasteiger partial charge in [-0.05, 0) is 19.8 Å². The Morgan fingerprint density at radius 1 is 1.44 bits per heavy atom. The molecule has 0 aliphatic rings. The summed E-state index contributed by atoms with van der Waals surface area (Å²) < 4.78 is 17.6. The van der Waals surface area contributed by atoms with Gasteiger partial charge in [0.25, 0.3) is 0 Å². The molecule has 1 unspecified atom stereocenters. The van der Waals surface area contributed by atoms with Crippen LogP contribution in [0.3, 0.4) is 0 Å². The van der Waals surface area contributed by atoms with Crippen molar-refractivity contribution in [2.45, 2.75) is 26.7 Å². The lowest BCUT2D eigenvalue weighted by atomic mass is 10.1. The summed E-state index contributed by atoms with van der Waals surface area (Å²) in [6, 6.07) is 0. The van der Waals surface area contributed by atoms with E-state index in [1.807, 2.05) is 0 Å². The van der Waals surface area contributed by atoms with Crippen LogP contribution in [0.1, 0.15) is 26.7 Å². The highest BCUT2D eigenvalue weighted by Crippen LogP contribution is 2.10. The summed E-state index contributed by atoms with van der Waals surface area (Å²) in [5, 5.41) is 0. The van der Waals surface area contributed by atoms with Crippen molar-refractivity contribution in [3.63, 3.8) is 0 Å². The van der Waals surface area contributed by atoms with Crippen LogP contribution in [0.2, 0.25) is 0 Å². The molecule has 0 aromatic rings. The van der Waals surface area contributed by atoms with Gasteiger partial charge in [-0.1, -0.05) is 13.0 Å². The number of ether oxygens (including phenoxy) is 1. The highest BCUT2D eigenvalue weighted by Gasteiger charge is 2.11. The maximum atomic E-state index is 13.0. The van der Waals surface area contributed by atoms with Crippen LogP contribution in [0.5, 0.6) is 0 Å². The topological polar surface area (TPSA) is 44.8 Å². The summed E-state index contributed by atoms with van der Waals surface area (Å²) in [6.07, 6.45) is 2.41. The zero-order chi connectivity index (χ0) is 12.4. The Bertz CT molecular complexity index is 228. The zero-order valence-electron chi connectivity index (χ0n) is 9.99. The number of allylic oxidation sites excluding steroid dienone is 1. The summed E-state index contributed by atoms with van der Waals surface area (Å²) in [6.45, 7) is 3.68. The molecule has 4 nitrogen and oxygen atoms in total. The smallest absolute Gasteiger partial charge is 0.308 e. The lowest BCUT2D eigenvalue weighted by molar-refractivity contribution is -0.286. The van der Waals surface area contributed by atoms with Crippen LogP contribution < -0.4 is 0 Å². The molecule has 0 radical (unpaired) electrons. The maximum absolute atomic E-state index is 13.0. The highest BCUT2D eigenvalue weighted by molar-refractivity contribution is 5.71. The lowest BCUT2D eigenvalue weighted by Crippen LogP contribution is -2.12. The number of hydrogen-bond donors (Lipinski definition) is 0. The number of methoxy groups -OCH3 is 1. The molecule has 16 heavy (non-hydrogen) atoms. The third-order valence-electron chi connectivity index (χ3n) is 1.97. The van der Waals surface area contributed by atoms with Crippen molar-refractivity contribution in [2.75, 3.05) is 20.3 Å². The van der Waals surface area contributed by atoms with E-state index in [4.69, 9.17) is 0 Å². The molecule has 0 heterocycles. The number of carbonyl (C=O) groups is 1. The van der Waals surface area contributed by atoms with Gasteiger partial charge in [0, 0.05) is 0 Å². The van der Waals surface area contributed by atoms with E-state index in [2.05, 4.69) is 14.5 Å². The van der Waals surface area contributed by atoms with Gasteiger partial charge in [0.15, 0.2) is 0 Å². The number of halogens is 1. The van der Waals surface area contributed by atoms with E-state index in [-0.39, 0.29) is 18.5 Å². The molecular weight excluding hydrogens is 215 g/mol. The SMILES string of the molecule is CCOOCC(F)=CCCC(C)C(=O)OC. The minimum absolute atomic E-state index is 0.194. The monoisotopic (exact) mass is 234 g/mol. The number of rotatable bonds is 8. The average Bonchev–Trinajstić information content (AvgIpc) is 2.28. The van der Waals surface area contributed by atoms with Gasteiger partial charge in [0.05, 0.1) is 19.6 Å². The van der Waals surface area contributed by atoms with Gasteiger partial charge >= 0.3 is 5.97 Å². The second-order valence-corrected chi connectivity index (χ2v) is 3.32. The van der Waals surface area contributed by atoms with Crippen LogP contribution in [0, 0.1) is 5.92 Å². The normalized spacial score (nSPS) is 13.6. The molecule has 0 aliphatic carbocycles. The third kappa shape index (κ3) is 7.36. The van der Waals surface area contributed by atoms with Crippen molar-refractivity contribution in [3.05, 3.63) is 11.9 Å². The molecule has 0 amide bonds. The molecule has 0 spiro atoms. The van der Waals surface area contributed by atoms with Crippen LogP contribution >= 0.6 is 0 Å². The zero-order valence-corrected chi connectivity index (χ0v) is 9.99. The van der Waals surface area contributed by atoms with E-state index in [0.717, 1.165) is 0 Å². The summed E-state index contributed by atoms with van der Waals surface area (Å²) in [5.74, 6) is -0.897.